The summed E-state index contributed by atoms with van der Waals surface area (Å²) in [7, 11) is 1.92. The summed E-state index contributed by atoms with van der Waals surface area (Å²) in [5.74, 6) is 1.68. The van der Waals surface area contributed by atoms with Crippen LogP contribution < -0.4 is 10.2 Å². The van der Waals surface area contributed by atoms with Gasteiger partial charge in [-0.15, -0.1) is 0 Å². The molecule has 108 valence electrons. The number of nitrogens with zero attached hydrogens (tertiary/aromatic N) is 4. The van der Waals surface area contributed by atoms with E-state index in [0.717, 1.165) is 43.2 Å². The van der Waals surface area contributed by atoms with Crippen molar-refractivity contribution in [3.05, 3.63) is 11.1 Å². The topological polar surface area (TPSA) is 79.0 Å². The van der Waals surface area contributed by atoms with E-state index in [1.54, 1.807) is 0 Å². The molecule has 1 aliphatic heterocycles. The fourth-order valence-electron chi connectivity index (χ4n) is 2.26. The zero-order valence-corrected chi connectivity index (χ0v) is 12.1. The number of hydrogen-bond donors (Lipinski definition) is 2. The molecule has 0 unspecified atom stereocenters. The Morgan fingerprint density at radius 1 is 1.30 bits per heavy atom. The molecule has 1 fully saturated rings. The lowest BCUT2D eigenvalue weighted by Gasteiger charge is -2.27. The number of aromatic amines is 1. The molecule has 8 heteroatoms. The van der Waals surface area contributed by atoms with Gasteiger partial charge in [-0.3, -0.25) is 0 Å². The first-order valence-corrected chi connectivity index (χ1v) is 7.05. The number of imidazole rings is 1. The highest BCUT2D eigenvalue weighted by atomic mass is 35.5. The molecular weight excluding hydrogens is 280 g/mol. The van der Waals surface area contributed by atoms with Crippen LogP contribution in [-0.4, -0.2) is 59.8 Å². The van der Waals surface area contributed by atoms with Crippen LogP contribution in [0.15, 0.2) is 0 Å². The quantitative estimate of drug-likeness (QED) is 0.805. The smallest absolute Gasteiger partial charge is 0.226 e. The minimum absolute atomic E-state index is 0.239. The molecule has 2 aromatic rings. The van der Waals surface area contributed by atoms with Crippen LogP contribution in [0.25, 0.3) is 11.2 Å². The molecule has 7 nitrogen and oxygen atoms in total. The fourth-order valence-corrected chi connectivity index (χ4v) is 2.43. The zero-order valence-electron chi connectivity index (χ0n) is 11.3. The van der Waals surface area contributed by atoms with Crippen LogP contribution in [0.5, 0.6) is 0 Å². The van der Waals surface area contributed by atoms with E-state index >= 15 is 0 Å². The number of rotatable bonds is 4. The third-order valence-electron chi connectivity index (χ3n) is 3.27. The maximum Gasteiger partial charge on any atom is 0.226 e. The average molecular weight is 297 g/mol. The van der Waals surface area contributed by atoms with Gasteiger partial charge in [0.15, 0.2) is 17.0 Å². The van der Waals surface area contributed by atoms with Gasteiger partial charge >= 0.3 is 0 Å². The summed E-state index contributed by atoms with van der Waals surface area (Å²) >= 11 is 6.02. The van der Waals surface area contributed by atoms with Crippen molar-refractivity contribution in [3.63, 3.8) is 0 Å². The molecule has 2 aromatic heterocycles. The summed E-state index contributed by atoms with van der Waals surface area (Å²) in [5, 5.41) is 3.34. The third kappa shape index (κ3) is 2.70. The standard InChI is InChI=1S/C12H17ClN6O/c1-14-3-2-8-15-9-10(16-8)17-12(13)18-11(9)19-4-6-20-7-5-19/h14H,2-7H2,1H3,(H,15,16,17,18). The van der Waals surface area contributed by atoms with Crippen LogP contribution in [-0.2, 0) is 11.2 Å². The maximum atomic E-state index is 6.02. The van der Waals surface area contributed by atoms with Gasteiger partial charge in [0, 0.05) is 26.1 Å². The molecule has 0 radical (unpaired) electrons. The predicted molar refractivity (Wildman–Crippen MR) is 77.4 cm³/mol. The predicted octanol–water partition coefficient (Wildman–Crippen LogP) is 0.605. The van der Waals surface area contributed by atoms with Crippen LogP contribution >= 0.6 is 11.6 Å². The van der Waals surface area contributed by atoms with Gasteiger partial charge in [0.1, 0.15) is 5.82 Å². The van der Waals surface area contributed by atoms with Crippen molar-refractivity contribution in [1.82, 2.24) is 25.3 Å². The SMILES string of the molecule is CNCCc1nc2c(N3CCOCC3)nc(Cl)nc2[nH]1. The van der Waals surface area contributed by atoms with Crippen LogP contribution in [0.1, 0.15) is 5.82 Å². The third-order valence-corrected chi connectivity index (χ3v) is 3.44. The van der Waals surface area contributed by atoms with E-state index in [2.05, 4.69) is 30.2 Å². The summed E-state index contributed by atoms with van der Waals surface area (Å²) in [6.07, 6.45) is 0.813. The van der Waals surface area contributed by atoms with Crippen molar-refractivity contribution >= 4 is 28.6 Å². The number of anilines is 1. The molecule has 0 amide bonds. The number of fused-ring (bicyclic) bond motifs is 1. The summed E-state index contributed by atoms with van der Waals surface area (Å²) < 4.78 is 5.37. The van der Waals surface area contributed by atoms with E-state index in [1.165, 1.54) is 0 Å². The highest BCUT2D eigenvalue weighted by molar-refractivity contribution is 6.28. The molecule has 0 bridgehead atoms. The Morgan fingerprint density at radius 3 is 2.85 bits per heavy atom. The molecule has 1 saturated heterocycles. The Bertz CT molecular complexity index is 595. The maximum absolute atomic E-state index is 6.02. The van der Waals surface area contributed by atoms with Crippen LogP contribution in [0, 0.1) is 0 Å². The van der Waals surface area contributed by atoms with Crippen LogP contribution in [0.4, 0.5) is 5.82 Å². The Morgan fingerprint density at radius 2 is 2.10 bits per heavy atom. The van der Waals surface area contributed by atoms with Crippen molar-refractivity contribution in [2.75, 3.05) is 44.8 Å². The number of morpholine rings is 1. The minimum Gasteiger partial charge on any atom is -0.378 e. The molecule has 0 aromatic carbocycles. The van der Waals surface area contributed by atoms with Crippen LogP contribution in [0.3, 0.4) is 0 Å². The Labute approximate surface area is 121 Å². The molecule has 0 spiro atoms. The Balaban J connectivity index is 1.98. The largest absolute Gasteiger partial charge is 0.378 e. The average Bonchev–Trinajstić information content (AvgIpc) is 2.87. The Kier molecular flexibility index (Phi) is 4.00. The van der Waals surface area contributed by atoms with E-state index in [0.29, 0.717) is 18.9 Å². The van der Waals surface area contributed by atoms with Crippen molar-refractivity contribution in [3.8, 4) is 0 Å². The zero-order chi connectivity index (χ0) is 13.9. The highest BCUT2D eigenvalue weighted by Crippen LogP contribution is 2.24. The summed E-state index contributed by atoms with van der Waals surface area (Å²) in [6.45, 7) is 3.83. The van der Waals surface area contributed by atoms with Crippen molar-refractivity contribution in [1.29, 1.82) is 0 Å². The Hall–Kier alpha value is -1.44. The van der Waals surface area contributed by atoms with Crippen molar-refractivity contribution < 1.29 is 4.74 Å². The van der Waals surface area contributed by atoms with E-state index < -0.39 is 0 Å². The van der Waals surface area contributed by atoms with Crippen LogP contribution in [0.2, 0.25) is 5.28 Å². The van der Waals surface area contributed by atoms with E-state index in [9.17, 15) is 0 Å². The lowest BCUT2D eigenvalue weighted by atomic mass is 10.4. The monoisotopic (exact) mass is 296 g/mol. The fraction of sp³-hybridized carbons (Fsp3) is 0.583. The number of H-pyrrole nitrogens is 1. The first-order chi connectivity index (χ1) is 9.78. The van der Waals surface area contributed by atoms with Gasteiger partial charge in [0.2, 0.25) is 5.28 Å². The molecule has 2 N–H and O–H groups in total. The highest BCUT2D eigenvalue weighted by Gasteiger charge is 2.19. The van der Waals surface area contributed by atoms with E-state index in [-0.39, 0.29) is 5.28 Å². The van der Waals surface area contributed by atoms with Gasteiger partial charge in [0.25, 0.3) is 0 Å². The summed E-state index contributed by atoms with van der Waals surface area (Å²) in [6, 6.07) is 0. The van der Waals surface area contributed by atoms with E-state index in [1.807, 2.05) is 7.05 Å². The molecule has 1 aliphatic rings. The normalized spacial score (nSPS) is 16.0. The number of halogens is 1. The van der Waals surface area contributed by atoms with Gasteiger partial charge < -0.3 is 19.9 Å². The van der Waals surface area contributed by atoms with Crippen molar-refractivity contribution in [2.45, 2.75) is 6.42 Å². The number of hydrogen-bond acceptors (Lipinski definition) is 6. The number of ether oxygens (including phenoxy) is 1. The number of likely N-dealkylation sites (N-methyl/N-ethyl adjacent to an activating group) is 1. The van der Waals surface area contributed by atoms with Crippen molar-refractivity contribution in [2.24, 2.45) is 0 Å². The van der Waals surface area contributed by atoms with E-state index in [4.69, 9.17) is 16.3 Å². The second-order valence-electron chi connectivity index (χ2n) is 4.65. The second-order valence-corrected chi connectivity index (χ2v) is 4.99. The van der Waals surface area contributed by atoms with Gasteiger partial charge in [-0.2, -0.15) is 9.97 Å². The first-order valence-electron chi connectivity index (χ1n) is 6.67. The second kappa shape index (κ2) is 5.90. The number of aromatic nitrogens is 4. The minimum atomic E-state index is 0.239. The number of nitrogens with one attached hydrogen (secondary N) is 2. The molecular formula is C12H17ClN6O. The molecule has 0 atom stereocenters. The summed E-state index contributed by atoms with van der Waals surface area (Å²) in [4.78, 5) is 18.5. The molecule has 3 heterocycles. The molecule has 20 heavy (non-hydrogen) atoms. The van der Waals surface area contributed by atoms with Gasteiger partial charge in [-0.1, -0.05) is 0 Å². The lowest BCUT2D eigenvalue weighted by Crippen LogP contribution is -2.37. The molecule has 0 aliphatic carbocycles. The van der Waals surface area contributed by atoms with Gasteiger partial charge in [-0.05, 0) is 18.6 Å². The van der Waals surface area contributed by atoms with Gasteiger partial charge in [0.05, 0.1) is 13.2 Å². The van der Waals surface area contributed by atoms with Gasteiger partial charge in [-0.25, -0.2) is 4.98 Å². The molecule has 0 saturated carbocycles. The lowest BCUT2D eigenvalue weighted by molar-refractivity contribution is 0.122. The first kappa shape index (κ1) is 13.5. The summed E-state index contributed by atoms with van der Waals surface area (Å²) in [5.41, 5.74) is 1.47. The molecule has 3 rings (SSSR count).